The molecule has 0 amide bonds. The Morgan fingerprint density at radius 3 is 2.25 bits per heavy atom. The molecule has 0 N–H and O–H groups in total. The van der Waals surface area contributed by atoms with Crippen molar-refractivity contribution in [1.82, 2.24) is 4.57 Å². The third-order valence-electron chi connectivity index (χ3n) is 3.63. The SMILES string of the molecule is CCSc1cc(=O)n(-c2ccccc2)cc1C(=O)c1ccccc1. The number of rotatable bonds is 5. The van der Waals surface area contributed by atoms with E-state index in [4.69, 9.17) is 0 Å². The van der Waals surface area contributed by atoms with Crippen molar-refractivity contribution in [3.8, 4) is 5.69 Å². The van der Waals surface area contributed by atoms with Gasteiger partial charge in [-0.15, -0.1) is 11.8 Å². The normalized spacial score (nSPS) is 10.5. The molecule has 120 valence electrons. The Hall–Kier alpha value is -2.59. The molecule has 0 aliphatic heterocycles. The Labute approximate surface area is 145 Å². The Balaban J connectivity index is 2.16. The van der Waals surface area contributed by atoms with Crippen LogP contribution < -0.4 is 5.56 Å². The van der Waals surface area contributed by atoms with Gasteiger partial charge in [-0.2, -0.15) is 0 Å². The standard InChI is InChI=1S/C20H17NO2S/c1-2-24-18-13-19(22)21(16-11-7-4-8-12-16)14-17(18)20(23)15-9-5-3-6-10-15/h3-14H,2H2,1H3. The molecule has 0 unspecified atom stereocenters. The summed E-state index contributed by atoms with van der Waals surface area (Å²) in [6, 6.07) is 20.0. The number of pyridine rings is 1. The number of thioether (sulfide) groups is 1. The summed E-state index contributed by atoms with van der Waals surface area (Å²) in [5.74, 6) is 0.723. The quantitative estimate of drug-likeness (QED) is 0.519. The predicted molar refractivity (Wildman–Crippen MR) is 98.3 cm³/mol. The van der Waals surface area contributed by atoms with Crippen LogP contribution >= 0.6 is 11.8 Å². The van der Waals surface area contributed by atoms with Gasteiger partial charge in [-0.05, 0) is 17.9 Å². The largest absolute Gasteiger partial charge is 0.289 e. The molecular weight excluding hydrogens is 318 g/mol. The van der Waals surface area contributed by atoms with Gasteiger partial charge in [-0.3, -0.25) is 14.2 Å². The molecule has 3 aromatic rings. The van der Waals surface area contributed by atoms with Gasteiger partial charge in [0.25, 0.3) is 5.56 Å². The van der Waals surface area contributed by atoms with Crippen LogP contribution in [0.4, 0.5) is 0 Å². The summed E-state index contributed by atoms with van der Waals surface area (Å²) in [6.45, 7) is 2.00. The van der Waals surface area contributed by atoms with Gasteiger partial charge in [0.15, 0.2) is 5.78 Å². The molecule has 0 spiro atoms. The number of aromatic nitrogens is 1. The van der Waals surface area contributed by atoms with Crippen LogP contribution in [0, 0.1) is 0 Å². The van der Waals surface area contributed by atoms with Crippen molar-refractivity contribution >= 4 is 17.5 Å². The highest BCUT2D eigenvalue weighted by atomic mass is 32.2. The van der Waals surface area contributed by atoms with E-state index in [9.17, 15) is 9.59 Å². The predicted octanol–water partition coefficient (Wildman–Crippen LogP) is 4.18. The highest BCUT2D eigenvalue weighted by molar-refractivity contribution is 7.99. The van der Waals surface area contributed by atoms with Gasteiger partial charge in [0.05, 0.1) is 5.56 Å². The minimum Gasteiger partial charge on any atom is -0.289 e. The number of carbonyl (C=O) groups excluding carboxylic acids is 1. The third-order valence-corrected chi connectivity index (χ3v) is 4.57. The lowest BCUT2D eigenvalue weighted by Gasteiger charge is -2.12. The maximum atomic E-state index is 12.9. The molecule has 3 rings (SSSR count). The van der Waals surface area contributed by atoms with Gasteiger partial charge < -0.3 is 0 Å². The Morgan fingerprint density at radius 1 is 1.00 bits per heavy atom. The summed E-state index contributed by atoms with van der Waals surface area (Å²) in [5, 5.41) is 0. The van der Waals surface area contributed by atoms with Crippen LogP contribution in [0.15, 0.2) is 82.6 Å². The maximum Gasteiger partial charge on any atom is 0.256 e. The molecule has 0 bridgehead atoms. The topological polar surface area (TPSA) is 39.1 Å². The molecule has 0 aliphatic carbocycles. The molecule has 1 aromatic heterocycles. The molecule has 0 radical (unpaired) electrons. The molecule has 24 heavy (non-hydrogen) atoms. The van der Waals surface area contributed by atoms with Gasteiger partial charge in [0.1, 0.15) is 0 Å². The van der Waals surface area contributed by atoms with Crippen LogP contribution in [-0.4, -0.2) is 16.1 Å². The van der Waals surface area contributed by atoms with E-state index >= 15 is 0 Å². The number of hydrogen-bond donors (Lipinski definition) is 0. The molecule has 0 saturated carbocycles. The van der Waals surface area contributed by atoms with Crippen molar-refractivity contribution in [2.75, 3.05) is 5.75 Å². The first-order valence-electron chi connectivity index (χ1n) is 7.75. The second-order valence-corrected chi connectivity index (χ2v) is 6.53. The summed E-state index contributed by atoms with van der Waals surface area (Å²) in [4.78, 5) is 26.1. The van der Waals surface area contributed by atoms with Crippen molar-refractivity contribution in [2.24, 2.45) is 0 Å². The van der Waals surface area contributed by atoms with Gasteiger partial charge in [-0.25, -0.2) is 0 Å². The highest BCUT2D eigenvalue weighted by Crippen LogP contribution is 2.24. The van der Waals surface area contributed by atoms with Crippen LogP contribution in [0.25, 0.3) is 5.69 Å². The summed E-state index contributed by atoms with van der Waals surface area (Å²) in [7, 11) is 0. The molecule has 0 fully saturated rings. The van der Waals surface area contributed by atoms with Crippen LogP contribution in [0.3, 0.4) is 0 Å². The van der Waals surface area contributed by atoms with E-state index < -0.39 is 0 Å². The van der Waals surface area contributed by atoms with Crippen molar-refractivity contribution in [3.05, 3.63) is 94.4 Å². The molecule has 1 heterocycles. The molecule has 3 nitrogen and oxygen atoms in total. The van der Waals surface area contributed by atoms with Gasteiger partial charge >= 0.3 is 0 Å². The molecule has 4 heteroatoms. The Kier molecular flexibility index (Phi) is 4.96. The average molecular weight is 335 g/mol. The number of para-hydroxylation sites is 1. The van der Waals surface area contributed by atoms with Crippen molar-refractivity contribution in [3.63, 3.8) is 0 Å². The van der Waals surface area contributed by atoms with E-state index in [0.29, 0.717) is 11.1 Å². The maximum absolute atomic E-state index is 12.9. The van der Waals surface area contributed by atoms with Gasteiger partial charge in [0, 0.05) is 28.4 Å². The zero-order valence-electron chi connectivity index (χ0n) is 13.3. The summed E-state index contributed by atoms with van der Waals surface area (Å²) < 4.78 is 1.52. The Bertz CT molecular complexity index is 902. The monoisotopic (exact) mass is 335 g/mol. The van der Waals surface area contributed by atoms with Crippen LogP contribution in [0.1, 0.15) is 22.8 Å². The lowest BCUT2D eigenvalue weighted by atomic mass is 10.0. The lowest BCUT2D eigenvalue weighted by Crippen LogP contribution is -2.20. The molecule has 0 saturated heterocycles. The molecule has 2 aromatic carbocycles. The van der Waals surface area contributed by atoms with Crippen LogP contribution in [-0.2, 0) is 0 Å². The van der Waals surface area contributed by atoms with E-state index in [-0.39, 0.29) is 11.3 Å². The van der Waals surface area contributed by atoms with Crippen molar-refractivity contribution in [1.29, 1.82) is 0 Å². The fraction of sp³-hybridized carbons (Fsp3) is 0.100. The van der Waals surface area contributed by atoms with E-state index in [1.807, 2.05) is 55.5 Å². The Morgan fingerprint density at radius 2 is 1.62 bits per heavy atom. The smallest absolute Gasteiger partial charge is 0.256 e. The first kappa shape index (κ1) is 16.3. The van der Waals surface area contributed by atoms with E-state index in [1.165, 1.54) is 16.3 Å². The third kappa shape index (κ3) is 3.34. The second-order valence-electron chi connectivity index (χ2n) is 5.22. The summed E-state index contributed by atoms with van der Waals surface area (Å²) in [5.41, 5.74) is 1.78. The number of nitrogens with zero attached hydrogens (tertiary/aromatic N) is 1. The first-order chi connectivity index (χ1) is 11.7. The van der Waals surface area contributed by atoms with Gasteiger partial charge in [-0.1, -0.05) is 55.5 Å². The molecular formula is C20H17NO2S. The zero-order chi connectivity index (χ0) is 16.9. The molecule has 0 aliphatic rings. The minimum absolute atomic E-state index is 0.0729. The fourth-order valence-corrected chi connectivity index (χ4v) is 3.29. The number of benzene rings is 2. The van der Waals surface area contributed by atoms with Crippen molar-refractivity contribution in [2.45, 2.75) is 11.8 Å². The van der Waals surface area contributed by atoms with Crippen LogP contribution in [0.2, 0.25) is 0 Å². The minimum atomic E-state index is -0.137. The number of carbonyl (C=O) groups is 1. The average Bonchev–Trinajstić information content (AvgIpc) is 2.63. The van der Waals surface area contributed by atoms with Crippen LogP contribution in [0.5, 0.6) is 0 Å². The summed E-state index contributed by atoms with van der Waals surface area (Å²) >= 11 is 1.51. The highest BCUT2D eigenvalue weighted by Gasteiger charge is 2.16. The summed E-state index contributed by atoms with van der Waals surface area (Å²) in [6.07, 6.45) is 1.66. The van der Waals surface area contributed by atoms with E-state index in [2.05, 4.69) is 0 Å². The lowest BCUT2D eigenvalue weighted by molar-refractivity contribution is 0.103. The van der Waals surface area contributed by atoms with E-state index in [1.54, 1.807) is 24.4 Å². The second kappa shape index (κ2) is 7.32. The fourth-order valence-electron chi connectivity index (χ4n) is 2.50. The van der Waals surface area contributed by atoms with Crippen molar-refractivity contribution < 1.29 is 4.79 Å². The number of ketones is 1. The zero-order valence-corrected chi connectivity index (χ0v) is 14.1. The van der Waals surface area contributed by atoms with Gasteiger partial charge in [0.2, 0.25) is 0 Å². The first-order valence-corrected chi connectivity index (χ1v) is 8.74. The number of hydrogen-bond acceptors (Lipinski definition) is 3. The van der Waals surface area contributed by atoms with E-state index in [0.717, 1.165) is 16.3 Å². The molecule has 0 atom stereocenters.